The maximum Gasteiger partial charge on any atom is 0.338 e. The van der Waals surface area contributed by atoms with Gasteiger partial charge in [0.25, 0.3) is 5.91 Å². The molecule has 1 heterocycles. The van der Waals surface area contributed by atoms with Gasteiger partial charge in [-0.1, -0.05) is 29.4 Å². The van der Waals surface area contributed by atoms with Gasteiger partial charge in [-0.05, 0) is 75.4 Å². The van der Waals surface area contributed by atoms with E-state index in [1.807, 2.05) is 32.0 Å². The summed E-state index contributed by atoms with van der Waals surface area (Å²) in [4.78, 5) is 25.2. The first kappa shape index (κ1) is 22.6. The Kier molecular flexibility index (Phi) is 6.77. The maximum absolute atomic E-state index is 12.7. The molecule has 0 radical (unpaired) electrons. The summed E-state index contributed by atoms with van der Waals surface area (Å²) in [5.41, 5.74) is 4.44. The number of esters is 1. The molecule has 1 aliphatic carbocycles. The van der Waals surface area contributed by atoms with E-state index in [1.165, 1.54) is 5.56 Å². The van der Waals surface area contributed by atoms with Crippen LogP contribution >= 0.6 is 0 Å². The highest BCUT2D eigenvalue weighted by molar-refractivity contribution is 5.92. The lowest BCUT2D eigenvalue weighted by atomic mass is 9.87. The number of aryl methyl sites for hydroxylation is 3. The fourth-order valence-electron chi connectivity index (χ4n) is 4.03. The summed E-state index contributed by atoms with van der Waals surface area (Å²) in [7, 11) is 0. The van der Waals surface area contributed by atoms with Gasteiger partial charge >= 0.3 is 5.97 Å². The number of benzene rings is 2. The molecule has 1 aliphatic rings. The summed E-state index contributed by atoms with van der Waals surface area (Å²) in [6.07, 6.45) is 2.01. The Morgan fingerprint density at radius 1 is 1.15 bits per heavy atom. The summed E-state index contributed by atoms with van der Waals surface area (Å²) < 4.78 is 16.3. The number of hydrogen-bond acceptors (Lipinski definition) is 6. The van der Waals surface area contributed by atoms with Gasteiger partial charge in [-0.3, -0.25) is 4.79 Å². The summed E-state index contributed by atoms with van der Waals surface area (Å²) in [6, 6.07) is 14.7. The van der Waals surface area contributed by atoms with E-state index in [0.29, 0.717) is 17.9 Å². The maximum atomic E-state index is 12.7. The number of nitrogens with zero attached hydrogens (tertiary/aromatic N) is 1. The smallest absolute Gasteiger partial charge is 0.338 e. The van der Waals surface area contributed by atoms with Crippen LogP contribution in [0.5, 0.6) is 5.75 Å². The minimum atomic E-state index is -0.901. The Hall–Kier alpha value is -3.61. The molecule has 0 saturated carbocycles. The number of nitrogens with one attached hydrogen (secondary N) is 1. The summed E-state index contributed by atoms with van der Waals surface area (Å²) in [5, 5.41) is 6.94. The van der Waals surface area contributed by atoms with Crippen molar-refractivity contribution in [3.8, 4) is 5.75 Å². The Morgan fingerprint density at radius 2 is 1.91 bits per heavy atom. The molecule has 33 heavy (non-hydrogen) atoms. The fourth-order valence-corrected chi connectivity index (χ4v) is 4.03. The first-order valence-electron chi connectivity index (χ1n) is 11.2. The highest BCUT2D eigenvalue weighted by Crippen LogP contribution is 2.29. The average Bonchev–Trinajstić information content (AvgIpc) is 3.15. The number of hydrogen-bond donors (Lipinski definition) is 1. The third kappa shape index (κ3) is 5.25. The van der Waals surface area contributed by atoms with Crippen LogP contribution in [0.4, 0.5) is 0 Å². The van der Waals surface area contributed by atoms with E-state index < -0.39 is 12.1 Å². The zero-order valence-corrected chi connectivity index (χ0v) is 19.1. The van der Waals surface area contributed by atoms with Crippen molar-refractivity contribution in [3.05, 3.63) is 82.2 Å². The number of carbonyl (C=O) groups is 2. The van der Waals surface area contributed by atoms with E-state index >= 15 is 0 Å². The van der Waals surface area contributed by atoms with Crippen molar-refractivity contribution in [2.75, 3.05) is 0 Å². The number of amides is 1. The number of rotatable bonds is 7. The molecule has 2 atom stereocenters. The van der Waals surface area contributed by atoms with Crippen molar-refractivity contribution < 1.29 is 23.6 Å². The molecule has 1 N–H and O–H groups in total. The molecule has 172 valence electrons. The summed E-state index contributed by atoms with van der Waals surface area (Å²) in [6.45, 7) is 5.61. The van der Waals surface area contributed by atoms with Crippen LogP contribution in [0.25, 0.3) is 0 Å². The highest BCUT2D eigenvalue weighted by atomic mass is 16.5. The van der Waals surface area contributed by atoms with Gasteiger partial charge in [0.2, 0.25) is 0 Å². The minimum Gasteiger partial charge on any atom is -0.489 e. The van der Waals surface area contributed by atoms with Gasteiger partial charge in [0.05, 0.1) is 22.9 Å². The number of aromatic nitrogens is 1. The van der Waals surface area contributed by atoms with Gasteiger partial charge in [0, 0.05) is 0 Å². The lowest BCUT2D eigenvalue weighted by Crippen LogP contribution is -2.39. The van der Waals surface area contributed by atoms with E-state index in [-0.39, 0.29) is 11.9 Å². The van der Waals surface area contributed by atoms with Crippen molar-refractivity contribution >= 4 is 11.9 Å². The average molecular weight is 449 g/mol. The molecule has 0 unspecified atom stereocenters. The standard InChI is InChI=1S/C26H28N2O5/c1-16-23(17(2)33-28-16)15-31-21-13-11-20(12-14-21)26(30)32-18(3)25(29)27-24-10-6-8-19-7-4-5-9-22(19)24/h4-5,7,9,11-14,18,24H,6,8,10,15H2,1-3H3,(H,27,29)/t18-,24-/m1/s1. The third-order valence-corrected chi connectivity index (χ3v) is 5.99. The third-order valence-electron chi connectivity index (χ3n) is 5.99. The molecule has 0 fully saturated rings. The Morgan fingerprint density at radius 3 is 2.64 bits per heavy atom. The number of carbonyl (C=O) groups excluding carboxylic acids is 2. The molecule has 0 spiro atoms. The topological polar surface area (TPSA) is 90.7 Å². The molecular formula is C26H28N2O5. The van der Waals surface area contributed by atoms with Crippen LogP contribution in [-0.4, -0.2) is 23.1 Å². The zero-order chi connectivity index (χ0) is 23.4. The molecular weight excluding hydrogens is 420 g/mol. The van der Waals surface area contributed by atoms with E-state index in [2.05, 4.69) is 16.5 Å². The molecule has 3 aromatic rings. The lowest BCUT2D eigenvalue weighted by Gasteiger charge is -2.27. The normalized spacial score (nSPS) is 15.9. The Bertz CT molecular complexity index is 1120. The van der Waals surface area contributed by atoms with Crippen LogP contribution < -0.4 is 10.1 Å². The van der Waals surface area contributed by atoms with Crippen LogP contribution in [0.2, 0.25) is 0 Å². The van der Waals surface area contributed by atoms with Crippen molar-refractivity contribution in [1.29, 1.82) is 0 Å². The van der Waals surface area contributed by atoms with E-state index in [0.717, 1.165) is 41.8 Å². The molecule has 1 aromatic heterocycles. The molecule has 7 heteroatoms. The SMILES string of the molecule is Cc1noc(C)c1COc1ccc(C(=O)O[C@H](C)C(=O)N[C@@H]2CCCc3ccccc32)cc1. The largest absolute Gasteiger partial charge is 0.489 e. The quantitative estimate of drug-likeness (QED) is 0.531. The van der Waals surface area contributed by atoms with E-state index in [1.54, 1.807) is 31.2 Å². The van der Waals surface area contributed by atoms with Gasteiger partial charge in [-0.2, -0.15) is 0 Å². The first-order chi connectivity index (χ1) is 15.9. The monoisotopic (exact) mass is 448 g/mol. The van der Waals surface area contributed by atoms with E-state index in [9.17, 15) is 9.59 Å². The first-order valence-corrected chi connectivity index (χ1v) is 11.2. The van der Waals surface area contributed by atoms with Crippen molar-refractivity contribution in [2.24, 2.45) is 0 Å². The number of ether oxygens (including phenoxy) is 2. The molecule has 0 aliphatic heterocycles. The van der Waals surface area contributed by atoms with Gasteiger partial charge < -0.3 is 19.3 Å². The molecule has 0 saturated heterocycles. The summed E-state index contributed by atoms with van der Waals surface area (Å²) >= 11 is 0. The second-order valence-electron chi connectivity index (χ2n) is 8.32. The van der Waals surface area contributed by atoms with Gasteiger partial charge in [0.15, 0.2) is 6.10 Å². The van der Waals surface area contributed by atoms with Crippen LogP contribution in [0, 0.1) is 13.8 Å². The second-order valence-corrected chi connectivity index (χ2v) is 8.32. The molecule has 1 amide bonds. The van der Waals surface area contributed by atoms with Crippen molar-refractivity contribution in [1.82, 2.24) is 10.5 Å². The predicted octanol–water partition coefficient (Wildman–Crippen LogP) is 4.61. The highest BCUT2D eigenvalue weighted by Gasteiger charge is 2.25. The molecule has 4 rings (SSSR count). The van der Waals surface area contributed by atoms with Gasteiger partial charge in [0.1, 0.15) is 18.1 Å². The lowest BCUT2D eigenvalue weighted by molar-refractivity contribution is -0.130. The van der Waals surface area contributed by atoms with Gasteiger partial charge in [-0.15, -0.1) is 0 Å². The Labute approximate surface area is 193 Å². The minimum absolute atomic E-state index is 0.0577. The second kappa shape index (κ2) is 9.90. The van der Waals surface area contributed by atoms with Crippen LogP contribution in [0.15, 0.2) is 53.1 Å². The van der Waals surface area contributed by atoms with Gasteiger partial charge in [-0.25, -0.2) is 4.79 Å². The molecule has 0 bridgehead atoms. The summed E-state index contributed by atoms with van der Waals surface area (Å²) in [5.74, 6) is 0.466. The molecule has 2 aromatic carbocycles. The van der Waals surface area contributed by atoms with E-state index in [4.69, 9.17) is 14.0 Å². The van der Waals surface area contributed by atoms with Crippen LogP contribution in [0.1, 0.15) is 64.3 Å². The molecule has 7 nitrogen and oxygen atoms in total. The van der Waals surface area contributed by atoms with Crippen LogP contribution in [0.3, 0.4) is 0 Å². The number of fused-ring (bicyclic) bond motifs is 1. The van der Waals surface area contributed by atoms with Crippen LogP contribution in [-0.2, 0) is 22.6 Å². The van der Waals surface area contributed by atoms with Crippen molar-refractivity contribution in [2.45, 2.75) is 58.8 Å². The Balaban J connectivity index is 1.31. The fraction of sp³-hybridized carbons (Fsp3) is 0.346. The van der Waals surface area contributed by atoms with Crippen molar-refractivity contribution in [3.63, 3.8) is 0 Å². The zero-order valence-electron chi connectivity index (χ0n) is 19.1. The predicted molar refractivity (Wildman–Crippen MR) is 122 cm³/mol.